The standard InChI is InChI=1S/C14H19N5O3S2.2ClH/c1-19-8-10(6-17-19)18-24(21,22)12-4-5-23-13(12)14(20)16-7-11(15)9-2-3-9;;/h4-6,8-9,11,18H,2-3,7,15H2,1H3,(H,16,20);2*1H. The predicted molar refractivity (Wildman–Crippen MR) is 106 cm³/mol. The average molecular weight is 442 g/mol. The number of halogens is 2. The highest BCUT2D eigenvalue weighted by atomic mass is 35.5. The van der Waals surface area contributed by atoms with E-state index >= 15 is 0 Å². The molecule has 1 atom stereocenters. The summed E-state index contributed by atoms with van der Waals surface area (Å²) in [6.07, 6.45) is 5.12. The molecule has 1 aliphatic carbocycles. The van der Waals surface area contributed by atoms with Gasteiger partial charge in [-0.25, -0.2) is 8.42 Å². The van der Waals surface area contributed by atoms with Gasteiger partial charge in [0.1, 0.15) is 9.77 Å². The molecule has 0 bridgehead atoms. The lowest BCUT2D eigenvalue weighted by molar-refractivity contribution is 0.0951. The normalized spacial score (nSPS) is 14.7. The Balaban J connectivity index is 0.00000169. The maximum atomic E-state index is 12.5. The number of nitrogens with one attached hydrogen (secondary N) is 2. The highest BCUT2D eigenvalue weighted by Gasteiger charge is 2.29. The highest BCUT2D eigenvalue weighted by molar-refractivity contribution is 7.93. The van der Waals surface area contributed by atoms with Crippen LogP contribution in [0.4, 0.5) is 5.69 Å². The van der Waals surface area contributed by atoms with Gasteiger partial charge < -0.3 is 11.1 Å². The summed E-state index contributed by atoms with van der Waals surface area (Å²) in [6.45, 7) is 0.344. The molecule has 8 nitrogen and oxygen atoms in total. The van der Waals surface area contributed by atoms with Crippen molar-refractivity contribution in [3.05, 3.63) is 28.7 Å². The summed E-state index contributed by atoms with van der Waals surface area (Å²) in [5.74, 6) is 0.0387. The van der Waals surface area contributed by atoms with Gasteiger partial charge in [0, 0.05) is 25.8 Å². The zero-order chi connectivity index (χ0) is 17.3. The van der Waals surface area contributed by atoms with Crippen LogP contribution in [0.5, 0.6) is 0 Å². The van der Waals surface area contributed by atoms with Gasteiger partial charge in [0.25, 0.3) is 15.9 Å². The van der Waals surface area contributed by atoms with Gasteiger partial charge in [-0.1, -0.05) is 0 Å². The number of nitrogens with two attached hydrogens (primary N) is 1. The third-order valence-corrected chi connectivity index (χ3v) is 6.27. The number of carbonyl (C=O) groups is 1. The Bertz CT molecular complexity index is 848. The molecule has 146 valence electrons. The summed E-state index contributed by atoms with van der Waals surface area (Å²) in [5, 5.41) is 8.21. The fourth-order valence-electron chi connectivity index (χ4n) is 2.34. The third-order valence-electron chi connectivity index (χ3n) is 3.81. The lowest BCUT2D eigenvalue weighted by Crippen LogP contribution is -2.38. The van der Waals surface area contributed by atoms with Crippen LogP contribution >= 0.6 is 36.2 Å². The van der Waals surface area contributed by atoms with Crippen LogP contribution in [0.15, 0.2) is 28.7 Å². The van der Waals surface area contributed by atoms with E-state index in [2.05, 4.69) is 15.1 Å². The second-order valence-corrected chi connectivity index (χ2v) is 8.40. The van der Waals surface area contributed by atoms with Crippen LogP contribution in [0.1, 0.15) is 22.5 Å². The number of sulfonamides is 1. The number of carbonyl (C=O) groups excluding carboxylic acids is 1. The van der Waals surface area contributed by atoms with Crippen molar-refractivity contribution < 1.29 is 13.2 Å². The minimum atomic E-state index is -3.86. The minimum absolute atomic E-state index is 0. The largest absolute Gasteiger partial charge is 0.350 e. The van der Waals surface area contributed by atoms with Gasteiger partial charge in [-0.15, -0.1) is 36.2 Å². The van der Waals surface area contributed by atoms with Crippen molar-refractivity contribution in [2.75, 3.05) is 11.3 Å². The number of aromatic nitrogens is 2. The molecule has 0 spiro atoms. The molecule has 1 amide bonds. The molecule has 1 aliphatic rings. The zero-order valence-corrected chi connectivity index (χ0v) is 17.2. The first kappa shape index (κ1) is 22.7. The van der Waals surface area contributed by atoms with Crippen molar-refractivity contribution in [2.45, 2.75) is 23.8 Å². The van der Waals surface area contributed by atoms with E-state index in [4.69, 9.17) is 5.73 Å². The average Bonchev–Trinajstić information content (AvgIpc) is 3.11. The molecule has 2 aromatic heterocycles. The van der Waals surface area contributed by atoms with E-state index in [-0.39, 0.29) is 40.6 Å². The Hall–Kier alpha value is -1.33. The second kappa shape index (κ2) is 9.05. The van der Waals surface area contributed by atoms with Crippen molar-refractivity contribution in [1.29, 1.82) is 0 Å². The topological polar surface area (TPSA) is 119 Å². The number of aryl methyl sites for hydroxylation is 1. The van der Waals surface area contributed by atoms with E-state index < -0.39 is 15.9 Å². The van der Waals surface area contributed by atoms with Gasteiger partial charge in [-0.05, 0) is 30.2 Å². The van der Waals surface area contributed by atoms with Crippen LogP contribution in [0.3, 0.4) is 0 Å². The Morgan fingerprint density at radius 1 is 1.46 bits per heavy atom. The molecule has 1 fully saturated rings. The fraction of sp³-hybridized carbons (Fsp3) is 0.429. The highest BCUT2D eigenvalue weighted by Crippen LogP contribution is 2.31. The predicted octanol–water partition coefficient (Wildman–Crippen LogP) is 1.59. The molecule has 26 heavy (non-hydrogen) atoms. The third kappa shape index (κ3) is 5.34. The molecule has 2 heterocycles. The van der Waals surface area contributed by atoms with E-state index in [9.17, 15) is 13.2 Å². The van der Waals surface area contributed by atoms with Gasteiger partial charge in [-0.3, -0.25) is 14.2 Å². The van der Waals surface area contributed by atoms with Gasteiger partial charge in [0.2, 0.25) is 0 Å². The first-order chi connectivity index (χ1) is 11.4. The summed E-state index contributed by atoms with van der Waals surface area (Å²) in [5.41, 5.74) is 6.30. The van der Waals surface area contributed by atoms with Crippen LogP contribution in [-0.4, -0.2) is 36.7 Å². The maximum absolute atomic E-state index is 12.5. The molecule has 2 aromatic rings. The SMILES string of the molecule is Cl.Cl.Cn1cc(NS(=O)(=O)c2ccsc2C(=O)NCC(N)C2CC2)cn1. The summed E-state index contributed by atoms with van der Waals surface area (Å²) in [7, 11) is -2.17. The Kier molecular flexibility index (Phi) is 7.90. The molecule has 3 rings (SSSR count). The van der Waals surface area contributed by atoms with E-state index in [0.717, 1.165) is 24.2 Å². The summed E-state index contributed by atoms with van der Waals surface area (Å²) in [4.78, 5) is 12.4. The van der Waals surface area contributed by atoms with Crippen molar-refractivity contribution in [1.82, 2.24) is 15.1 Å². The van der Waals surface area contributed by atoms with E-state index in [1.54, 1.807) is 12.4 Å². The Morgan fingerprint density at radius 2 is 2.15 bits per heavy atom. The van der Waals surface area contributed by atoms with Crippen LogP contribution in [0.2, 0.25) is 0 Å². The molecule has 0 saturated heterocycles. The second-order valence-electron chi connectivity index (χ2n) is 5.83. The number of rotatable bonds is 7. The molecular formula is C14H21Cl2N5O3S2. The summed E-state index contributed by atoms with van der Waals surface area (Å²) >= 11 is 1.08. The lowest BCUT2D eigenvalue weighted by atomic mass is 10.2. The van der Waals surface area contributed by atoms with Gasteiger partial charge in [0.05, 0.1) is 11.9 Å². The summed E-state index contributed by atoms with van der Waals surface area (Å²) in [6, 6.07) is 1.33. The number of thiophene rings is 1. The molecule has 4 N–H and O–H groups in total. The van der Waals surface area contributed by atoms with E-state index in [1.807, 2.05) is 0 Å². The van der Waals surface area contributed by atoms with E-state index in [1.165, 1.54) is 23.1 Å². The maximum Gasteiger partial charge on any atom is 0.263 e. The smallest absolute Gasteiger partial charge is 0.263 e. The number of anilines is 1. The van der Waals surface area contributed by atoms with Crippen LogP contribution in [0, 0.1) is 5.92 Å². The van der Waals surface area contributed by atoms with E-state index in [0.29, 0.717) is 18.2 Å². The molecule has 1 saturated carbocycles. The molecular weight excluding hydrogens is 421 g/mol. The number of nitrogens with zero attached hydrogens (tertiary/aromatic N) is 2. The Labute approximate surface area is 168 Å². The van der Waals surface area contributed by atoms with Crippen LogP contribution in [0.25, 0.3) is 0 Å². The lowest BCUT2D eigenvalue weighted by Gasteiger charge is -2.12. The van der Waals surface area contributed by atoms with Crippen LogP contribution < -0.4 is 15.8 Å². The van der Waals surface area contributed by atoms with Crippen molar-refractivity contribution in [3.63, 3.8) is 0 Å². The molecule has 0 aromatic carbocycles. The van der Waals surface area contributed by atoms with Gasteiger partial charge in [-0.2, -0.15) is 5.10 Å². The quantitative estimate of drug-likeness (QED) is 0.602. The monoisotopic (exact) mass is 441 g/mol. The zero-order valence-electron chi connectivity index (χ0n) is 13.9. The number of hydrogen-bond acceptors (Lipinski definition) is 6. The van der Waals surface area contributed by atoms with Gasteiger partial charge >= 0.3 is 0 Å². The van der Waals surface area contributed by atoms with Crippen molar-refractivity contribution in [2.24, 2.45) is 18.7 Å². The molecule has 12 heteroatoms. The Morgan fingerprint density at radius 3 is 2.73 bits per heavy atom. The van der Waals surface area contributed by atoms with Gasteiger partial charge in [0.15, 0.2) is 0 Å². The van der Waals surface area contributed by atoms with Crippen molar-refractivity contribution in [3.8, 4) is 0 Å². The van der Waals surface area contributed by atoms with Crippen LogP contribution in [-0.2, 0) is 17.1 Å². The number of amides is 1. The first-order valence-electron chi connectivity index (χ1n) is 7.49. The number of hydrogen-bond donors (Lipinski definition) is 3. The molecule has 0 radical (unpaired) electrons. The fourth-order valence-corrected chi connectivity index (χ4v) is 4.71. The summed E-state index contributed by atoms with van der Waals surface area (Å²) < 4.78 is 28.9. The molecule has 0 aliphatic heterocycles. The minimum Gasteiger partial charge on any atom is -0.350 e. The van der Waals surface area contributed by atoms with Crippen molar-refractivity contribution >= 4 is 57.8 Å². The first-order valence-corrected chi connectivity index (χ1v) is 9.86. The molecule has 1 unspecified atom stereocenters.